The van der Waals surface area contributed by atoms with Crippen molar-refractivity contribution >= 4 is 5.97 Å². The van der Waals surface area contributed by atoms with Gasteiger partial charge in [0.25, 0.3) is 0 Å². The Balaban J connectivity index is 2.08. The van der Waals surface area contributed by atoms with Crippen LogP contribution < -0.4 is 0 Å². The molecule has 0 radical (unpaired) electrons. The van der Waals surface area contributed by atoms with Crippen molar-refractivity contribution in [1.82, 2.24) is 0 Å². The lowest BCUT2D eigenvalue weighted by Crippen LogP contribution is -2.34. The second kappa shape index (κ2) is 9.18. The van der Waals surface area contributed by atoms with Crippen LogP contribution in [0.5, 0.6) is 0 Å². The molecule has 0 amide bonds. The molecular formula is C16H28O2. The number of ether oxygens (including phenoxy) is 1. The van der Waals surface area contributed by atoms with E-state index in [0.29, 0.717) is 6.61 Å². The van der Waals surface area contributed by atoms with Crippen molar-refractivity contribution in [2.24, 2.45) is 5.92 Å². The van der Waals surface area contributed by atoms with Crippen molar-refractivity contribution in [3.63, 3.8) is 0 Å². The molecule has 0 saturated carbocycles. The smallest absolute Gasteiger partial charge is 0.312 e. The minimum Gasteiger partial charge on any atom is -0.464 e. The van der Waals surface area contributed by atoms with Crippen LogP contribution in [0.3, 0.4) is 0 Å². The van der Waals surface area contributed by atoms with E-state index in [1.165, 1.54) is 32.1 Å². The summed E-state index contributed by atoms with van der Waals surface area (Å²) < 4.78 is 4.78. The normalized spacial score (nSPS) is 19.6. The molecule has 2 nitrogen and oxygen atoms in total. The van der Waals surface area contributed by atoms with E-state index >= 15 is 0 Å². The molecule has 1 atom stereocenters. The van der Waals surface area contributed by atoms with Crippen molar-refractivity contribution in [2.45, 2.75) is 71.6 Å². The number of allylic oxidation sites excluding steroid dienone is 2. The highest BCUT2D eigenvalue weighted by Crippen LogP contribution is 2.22. The van der Waals surface area contributed by atoms with Crippen LogP contribution in [-0.4, -0.2) is 12.6 Å². The van der Waals surface area contributed by atoms with Crippen LogP contribution in [0.4, 0.5) is 0 Å². The highest BCUT2D eigenvalue weighted by atomic mass is 16.6. The summed E-state index contributed by atoms with van der Waals surface area (Å²) in [7, 11) is 0. The molecule has 0 aliphatic carbocycles. The van der Waals surface area contributed by atoms with Gasteiger partial charge in [-0.05, 0) is 38.5 Å². The molecule has 0 aromatic heterocycles. The molecule has 1 aliphatic heterocycles. The lowest BCUT2D eigenvalue weighted by Gasteiger charge is -2.24. The number of cyclic esters (lactones) is 1. The van der Waals surface area contributed by atoms with E-state index < -0.39 is 0 Å². The third-order valence-corrected chi connectivity index (χ3v) is 3.76. The third kappa shape index (κ3) is 5.70. The van der Waals surface area contributed by atoms with E-state index in [2.05, 4.69) is 19.9 Å². The number of hydrogen-bond donors (Lipinski definition) is 0. The van der Waals surface area contributed by atoms with E-state index in [0.717, 1.165) is 25.7 Å². The molecule has 1 rings (SSSR count). The largest absolute Gasteiger partial charge is 0.464 e. The van der Waals surface area contributed by atoms with Gasteiger partial charge in [0.05, 0.1) is 5.92 Å². The van der Waals surface area contributed by atoms with E-state index in [-0.39, 0.29) is 11.9 Å². The fraction of sp³-hybridized carbons (Fsp3) is 0.812. The quantitative estimate of drug-likeness (QED) is 0.322. The summed E-state index contributed by atoms with van der Waals surface area (Å²) >= 11 is 0. The summed E-state index contributed by atoms with van der Waals surface area (Å²) in [5, 5.41) is 0. The van der Waals surface area contributed by atoms with E-state index in [1.807, 2.05) is 0 Å². The van der Waals surface area contributed by atoms with Gasteiger partial charge in [-0.1, -0.05) is 44.8 Å². The molecule has 1 aliphatic rings. The summed E-state index contributed by atoms with van der Waals surface area (Å²) in [6.45, 7) is 5.13. The Kier molecular flexibility index (Phi) is 7.79. The van der Waals surface area contributed by atoms with Gasteiger partial charge in [-0.2, -0.15) is 0 Å². The van der Waals surface area contributed by atoms with Gasteiger partial charge in [-0.3, -0.25) is 4.79 Å². The molecule has 0 bridgehead atoms. The molecule has 1 fully saturated rings. The predicted molar refractivity (Wildman–Crippen MR) is 75.4 cm³/mol. The van der Waals surface area contributed by atoms with Gasteiger partial charge >= 0.3 is 5.97 Å². The number of hydrogen-bond acceptors (Lipinski definition) is 2. The molecule has 104 valence electrons. The highest BCUT2D eigenvalue weighted by Gasteiger charge is 2.29. The first kappa shape index (κ1) is 15.3. The summed E-state index contributed by atoms with van der Waals surface area (Å²) in [6.07, 6.45) is 13.5. The number of esters is 1. The van der Waals surface area contributed by atoms with Gasteiger partial charge < -0.3 is 4.74 Å². The molecule has 18 heavy (non-hydrogen) atoms. The number of carbonyl (C=O) groups excluding carboxylic acids is 1. The van der Waals surface area contributed by atoms with Gasteiger partial charge in [-0.25, -0.2) is 0 Å². The van der Waals surface area contributed by atoms with Gasteiger partial charge in [0, 0.05) is 0 Å². The van der Waals surface area contributed by atoms with Crippen LogP contribution in [0.1, 0.15) is 71.6 Å². The average molecular weight is 252 g/mol. The fourth-order valence-corrected chi connectivity index (χ4v) is 2.35. The van der Waals surface area contributed by atoms with E-state index in [1.54, 1.807) is 5.57 Å². The zero-order valence-corrected chi connectivity index (χ0v) is 12.0. The predicted octanol–water partition coefficient (Wildman–Crippen LogP) is 4.64. The first-order chi connectivity index (χ1) is 8.77. The molecule has 0 spiro atoms. The topological polar surface area (TPSA) is 26.3 Å². The highest BCUT2D eigenvalue weighted by molar-refractivity contribution is 5.77. The Labute approximate surface area is 112 Å². The van der Waals surface area contributed by atoms with Crippen molar-refractivity contribution in [3.05, 3.63) is 11.6 Å². The maximum Gasteiger partial charge on any atom is 0.312 e. The molecule has 0 aromatic rings. The molecule has 1 saturated heterocycles. The van der Waals surface area contributed by atoms with E-state index in [9.17, 15) is 4.79 Å². The Hall–Kier alpha value is -0.790. The van der Waals surface area contributed by atoms with Crippen molar-refractivity contribution in [3.8, 4) is 0 Å². The zero-order chi connectivity index (χ0) is 13.2. The first-order valence-electron chi connectivity index (χ1n) is 7.62. The van der Waals surface area contributed by atoms with Gasteiger partial charge in [-0.15, -0.1) is 0 Å². The van der Waals surface area contributed by atoms with Crippen LogP contribution in [0.15, 0.2) is 11.6 Å². The Morgan fingerprint density at radius 3 is 2.67 bits per heavy atom. The minimum atomic E-state index is 0.0107. The fourth-order valence-electron chi connectivity index (χ4n) is 2.35. The van der Waals surface area contributed by atoms with Crippen LogP contribution >= 0.6 is 0 Å². The molecule has 2 heteroatoms. The molecule has 1 heterocycles. The number of unbranched alkanes of at least 4 members (excludes halogenated alkanes) is 4. The molecule has 0 aromatic carbocycles. The van der Waals surface area contributed by atoms with Crippen molar-refractivity contribution in [1.29, 1.82) is 0 Å². The SMILES string of the molecule is CCCCCCC=C(CC)CCCC1COC1=O. The summed E-state index contributed by atoms with van der Waals surface area (Å²) in [4.78, 5) is 11.0. The van der Waals surface area contributed by atoms with E-state index in [4.69, 9.17) is 4.74 Å². The minimum absolute atomic E-state index is 0.0107. The molecule has 1 unspecified atom stereocenters. The zero-order valence-electron chi connectivity index (χ0n) is 12.0. The average Bonchev–Trinajstić information content (AvgIpc) is 2.39. The van der Waals surface area contributed by atoms with Gasteiger partial charge in [0.15, 0.2) is 0 Å². The second-order valence-corrected chi connectivity index (χ2v) is 5.28. The van der Waals surface area contributed by atoms with Gasteiger partial charge in [0.1, 0.15) is 6.61 Å². The molecular weight excluding hydrogens is 224 g/mol. The Morgan fingerprint density at radius 2 is 2.11 bits per heavy atom. The van der Waals surface area contributed by atoms with Crippen LogP contribution in [0, 0.1) is 5.92 Å². The third-order valence-electron chi connectivity index (χ3n) is 3.76. The van der Waals surface area contributed by atoms with Crippen LogP contribution in [-0.2, 0) is 9.53 Å². The summed E-state index contributed by atoms with van der Waals surface area (Å²) in [5.74, 6) is 0.212. The maximum absolute atomic E-state index is 11.0. The first-order valence-corrected chi connectivity index (χ1v) is 7.62. The maximum atomic E-state index is 11.0. The van der Waals surface area contributed by atoms with Gasteiger partial charge in [0.2, 0.25) is 0 Å². The van der Waals surface area contributed by atoms with Crippen molar-refractivity contribution in [2.75, 3.05) is 6.61 Å². The lowest BCUT2D eigenvalue weighted by atomic mass is 9.96. The number of carbonyl (C=O) groups is 1. The monoisotopic (exact) mass is 252 g/mol. The standard InChI is InChI=1S/C16H28O2/c1-3-5-6-7-8-10-14(4-2)11-9-12-15-13-18-16(15)17/h10,15H,3-9,11-13H2,1-2H3. The summed E-state index contributed by atoms with van der Waals surface area (Å²) in [5.41, 5.74) is 1.57. The summed E-state index contributed by atoms with van der Waals surface area (Å²) in [6, 6.07) is 0. The lowest BCUT2D eigenvalue weighted by molar-refractivity contribution is -0.169. The Morgan fingerprint density at radius 1 is 1.28 bits per heavy atom. The van der Waals surface area contributed by atoms with Crippen LogP contribution in [0.25, 0.3) is 0 Å². The number of rotatable bonds is 10. The van der Waals surface area contributed by atoms with Crippen LogP contribution in [0.2, 0.25) is 0 Å². The van der Waals surface area contributed by atoms with Crippen molar-refractivity contribution < 1.29 is 9.53 Å². The molecule has 0 N–H and O–H groups in total. The second-order valence-electron chi connectivity index (χ2n) is 5.28. The Bertz CT molecular complexity index is 268.